The summed E-state index contributed by atoms with van der Waals surface area (Å²) >= 11 is 2.00. The molecule has 1 atom stereocenters. The van der Waals surface area contributed by atoms with Crippen LogP contribution in [0.3, 0.4) is 0 Å². The van der Waals surface area contributed by atoms with Gasteiger partial charge in [0.15, 0.2) is 0 Å². The van der Waals surface area contributed by atoms with Crippen molar-refractivity contribution in [2.24, 2.45) is 5.92 Å². The van der Waals surface area contributed by atoms with Crippen molar-refractivity contribution in [2.75, 3.05) is 0 Å². The molecule has 0 bridgehead atoms. The molecule has 2 nitrogen and oxygen atoms in total. The zero-order valence-corrected chi connectivity index (χ0v) is 7.87. The molecule has 0 radical (unpaired) electrons. The van der Waals surface area contributed by atoms with E-state index in [0.717, 1.165) is 6.42 Å². The lowest BCUT2D eigenvalue weighted by atomic mass is 9.82. The average Bonchev–Trinajstić information content (AvgIpc) is 1.77. The molecule has 0 amide bonds. The van der Waals surface area contributed by atoms with Crippen LogP contribution in [0.1, 0.15) is 25.7 Å². The van der Waals surface area contributed by atoms with Gasteiger partial charge in [-0.2, -0.15) is 0 Å². The molecule has 3 heteroatoms. The summed E-state index contributed by atoms with van der Waals surface area (Å²) < 4.78 is -0.164. The molecule has 1 saturated carbocycles. The van der Waals surface area contributed by atoms with E-state index in [1.54, 1.807) is 0 Å². The van der Waals surface area contributed by atoms with E-state index < -0.39 is 5.97 Å². The highest BCUT2D eigenvalue weighted by Crippen LogP contribution is 2.32. The standard InChI is InChI=1S/C7H11IO2/c8-6(7(9)10)4-5-2-1-3-5/h5-6H,1-4H2,(H,9,10). The van der Waals surface area contributed by atoms with Crippen molar-refractivity contribution >= 4 is 28.6 Å². The van der Waals surface area contributed by atoms with Gasteiger partial charge in [-0.15, -0.1) is 0 Å². The first-order valence-electron chi connectivity index (χ1n) is 3.57. The molecule has 58 valence electrons. The van der Waals surface area contributed by atoms with E-state index in [1.165, 1.54) is 19.3 Å². The molecule has 0 aliphatic heterocycles. The number of alkyl halides is 1. The number of rotatable bonds is 3. The van der Waals surface area contributed by atoms with Gasteiger partial charge >= 0.3 is 5.97 Å². The number of carbonyl (C=O) groups is 1. The molecule has 0 heterocycles. The van der Waals surface area contributed by atoms with Crippen LogP contribution in [0.4, 0.5) is 0 Å². The van der Waals surface area contributed by atoms with Gasteiger partial charge in [-0.25, -0.2) is 0 Å². The molecular weight excluding hydrogens is 243 g/mol. The molecule has 0 spiro atoms. The first kappa shape index (κ1) is 8.30. The Bertz CT molecular complexity index is 132. The highest BCUT2D eigenvalue weighted by atomic mass is 127. The van der Waals surface area contributed by atoms with Crippen LogP contribution in [0.25, 0.3) is 0 Å². The maximum Gasteiger partial charge on any atom is 0.316 e. The third-order valence-corrected chi connectivity index (χ3v) is 3.07. The summed E-state index contributed by atoms with van der Waals surface area (Å²) in [5, 5.41) is 8.54. The van der Waals surface area contributed by atoms with Gasteiger partial charge in [0.05, 0.1) is 0 Å². The van der Waals surface area contributed by atoms with Crippen LogP contribution in [-0.2, 0) is 4.79 Å². The fourth-order valence-corrected chi connectivity index (χ4v) is 1.84. The Kier molecular flexibility index (Phi) is 2.95. The zero-order valence-electron chi connectivity index (χ0n) is 5.72. The molecule has 1 unspecified atom stereocenters. The molecule has 0 aromatic heterocycles. The van der Waals surface area contributed by atoms with Gasteiger partial charge in [0.2, 0.25) is 0 Å². The van der Waals surface area contributed by atoms with Crippen LogP contribution in [0.5, 0.6) is 0 Å². The Labute approximate surface area is 74.1 Å². The van der Waals surface area contributed by atoms with Gasteiger partial charge in [-0.1, -0.05) is 41.9 Å². The normalized spacial score (nSPS) is 21.7. The molecule has 0 aromatic rings. The van der Waals surface area contributed by atoms with Crippen molar-refractivity contribution in [3.8, 4) is 0 Å². The monoisotopic (exact) mass is 254 g/mol. The average molecular weight is 254 g/mol. The van der Waals surface area contributed by atoms with E-state index in [4.69, 9.17) is 5.11 Å². The van der Waals surface area contributed by atoms with E-state index >= 15 is 0 Å². The fourth-order valence-electron chi connectivity index (χ4n) is 1.12. The topological polar surface area (TPSA) is 37.3 Å². The molecule has 0 aromatic carbocycles. The Balaban J connectivity index is 2.16. The van der Waals surface area contributed by atoms with E-state index in [2.05, 4.69) is 0 Å². The number of hydrogen-bond acceptors (Lipinski definition) is 1. The molecular formula is C7H11IO2. The molecule has 1 N–H and O–H groups in total. The number of halogens is 1. The largest absolute Gasteiger partial charge is 0.480 e. The maximum absolute atomic E-state index is 10.4. The second-order valence-corrected chi connectivity index (χ2v) is 4.34. The highest BCUT2D eigenvalue weighted by Gasteiger charge is 2.23. The van der Waals surface area contributed by atoms with Crippen molar-refractivity contribution < 1.29 is 9.90 Å². The van der Waals surface area contributed by atoms with Gasteiger partial charge < -0.3 is 5.11 Å². The van der Waals surface area contributed by atoms with Gasteiger partial charge in [-0.05, 0) is 12.3 Å². The summed E-state index contributed by atoms with van der Waals surface area (Å²) in [4.78, 5) is 10.4. The predicted octanol–water partition coefficient (Wildman–Crippen LogP) is 2.06. The van der Waals surface area contributed by atoms with Crippen LogP contribution in [0, 0.1) is 5.92 Å². The Morgan fingerprint density at radius 1 is 1.70 bits per heavy atom. The number of aliphatic carboxylic acids is 1. The van der Waals surface area contributed by atoms with E-state index in [1.807, 2.05) is 22.6 Å². The van der Waals surface area contributed by atoms with Crippen molar-refractivity contribution in [1.82, 2.24) is 0 Å². The quantitative estimate of drug-likeness (QED) is 0.618. The lowest BCUT2D eigenvalue weighted by molar-refractivity contribution is -0.136. The van der Waals surface area contributed by atoms with Gasteiger partial charge in [0.1, 0.15) is 3.92 Å². The maximum atomic E-state index is 10.4. The number of carboxylic acids is 1. The molecule has 1 aliphatic carbocycles. The third kappa shape index (κ3) is 2.11. The van der Waals surface area contributed by atoms with Crippen LogP contribution < -0.4 is 0 Å². The molecule has 1 fully saturated rings. The Hall–Kier alpha value is 0.200. The van der Waals surface area contributed by atoms with E-state index in [9.17, 15) is 4.79 Å². The summed E-state index contributed by atoms with van der Waals surface area (Å²) in [6.07, 6.45) is 4.66. The molecule has 10 heavy (non-hydrogen) atoms. The molecule has 1 aliphatic rings. The summed E-state index contributed by atoms with van der Waals surface area (Å²) in [7, 11) is 0. The number of hydrogen-bond donors (Lipinski definition) is 1. The summed E-state index contributed by atoms with van der Waals surface area (Å²) in [5.74, 6) is 0.0468. The van der Waals surface area contributed by atoms with Crippen molar-refractivity contribution in [3.63, 3.8) is 0 Å². The van der Waals surface area contributed by atoms with Crippen LogP contribution in [0.15, 0.2) is 0 Å². The lowest BCUT2D eigenvalue weighted by Gasteiger charge is -2.25. The minimum absolute atomic E-state index is 0.164. The van der Waals surface area contributed by atoms with Crippen molar-refractivity contribution in [2.45, 2.75) is 29.6 Å². The molecule has 1 rings (SSSR count). The van der Waals surface area contributed by atoms with Gasteiger partial charge in [0.25, 0.3) is 0 Å². The summed E-state index contributed by atoms with van der Waals surface area (Å²) in [6.45, 7) is 0. The summed E-state index contributed by atoms with van der Waals surface area (Å²) in [5.41, 5.74) is 0. The first-order chi connectivity index (χ1) is 4.70. The SMILES string of the molecule is O=C(O)C(I)CC1CCC1. The summed E-state index contributed by atoms with van der Waals surface area (Å²) in [6, 6.07) is 0. The van der Waals surface area contributed by atoms with Crippen LogP contribution in [0.2, 0.25) is 0 Å². The zero-order chi connectivity index (χ0) is 7.56. The number of carboxylic acid groups (broad SMARTS) is 1. The van der Waals surface area contributed by atoms with Crippen LogP contribution in [-0.4, -0.2) is 15.0 Å². The molecule has 0 saturated heterocycles. The van der Waals surface area contributed by atoms with Gasteiger partial charge in [0, 0.05) is 0 Å². The van der Waals surface area contributed by atoms with Crippen molar-refractivity contribution in [1.29, 1.82) is 0 Å². The minimum atomic E-state index is -0.660. The Morgan fingerprint density at radius 3 is 2.60 bits per heavy atom. The third-order valence-electron chi connectivity index (χ3n) is 2.03. The minimum Gasteiger partial charge on any atom is -0.480 e. The Morgan fingerprint density at radius 2 is 2.30 bits per heavy atom. The fraction of sp³-hybridized carbons (Fsp3) is 0.857. The van der Waals surface area contributed by atoms with Gasteiger partial charge in [-0.3, -0.25) is 4.79 Å². The second kappa shape index (κ2) is 3.55. The lowest BCUT2D eigenvalue weighted by Crippen LogP contribution is -2.21. The predicted molar refractivity (Wildman–Crippen MR) is 47.4 cm³/mol. The second-order valence-electron chi connectivity index (χ2n) is 2.84. The smallest absolute Gasteiger partial charge is 0.316 e. The van der Waals surface area contributed by atoms with Crippen molar-refractivity contribution in [3.05, 3.63) is 0 Å². The first-order valence-corrected chi connectivity index (χ1v) is 4.81. The highest BCUT2D eigenvalue weighted by molar-refractivity contribution is 14.1. The van der Waals surface area contributed by atoms with E-state index in [-0.39, 0.29) is 3.92 Å². The van der Waals surface area contributed by atoms with Crippen LogP contribution >= 0.6 is 22.6 Å². The van der Waals surface area contributed by atoms with E-state index in [0.29, 0.717) is 5.92 Å².